The fourth-order valence-electron chi connectivity index (χ4n) is 0.750. The van der Waals surface area contributed by atoms with Gasteiger partial charge in [-0.1, -0.05) is 0 Å². The summed E-state index contributed by atoms with van der Waals surface area (Å²) in [5, 5.41) is 0. The average Bonchev–Trinajstić information content (AvgIpc) is 1.90. The lowest BCUT2D eigenvalue weighted by Gasteiger charge is -2.25. The van der Waals surface area contributed by atoms with Crippen LogP contribution in [0.5, 0.6) is 0 Å². The molecule has 51 valence electrons. The fraction of sp³-hybridized carbons (Fsp3) is 0.833. The summed E-state index contributed by atoms with van der Waals surface area (Å²) < 4.78 is 0. The molecule has 1 aliphatic rings. The third kappa shape index (κ3) is 1.50. The van der Waals surface area contributed by atoms with Crippen LogP contribution in [-0.4, -0.2) is 18.5 Å². The first-order valence-electron chi connectivity index (χ1n) is 2.97. The van der Waals surface area contributed by atoms with E-state index in [4.69, 9.17) is 4.89 Å². The minimum atomic E-state index is -0.807. The molecule has 1 atom stereocenters. The quantitative estimate of drug-likeness (QED) is 0.486. The van der Waals surface area contributed by atoms with Crippen molar-refractivity contribution in [3.63, 3.8) is 0 Å². The lowest BCUT2D eigenvalue weighted by atomic mass is 10.0. The third-order valence-corrected chi connectivity index (χ3v) is 1.34. The molecule has 3 nitrogen and oxygen atoms in total. The lowest BCUT2D eigenvalue weighted by molar-refractivity contribution is -0.359. The molecule has 0 aromatic rings. The molecule has 3 heteroatoms. The van der Waals surface area contributed by atoms with Gasteiger partial charge in [-0.2, -0.15) is 0 Å². The Kier molecular flexibility index (Phi) is 1.83. The molecule has 0 aromatic heterocycles. The Morgan fingerprint density at radius 2 is 2.44 bits per heavy atom. The Morgan fingerprint density at radius 3 is 2.78 bits per heavy atom. The summed E-state index contributed by atoms with van der Waals surface area (Å²) in [6, 6.07) is 0. The monoisotopic (exact) mass is 129 g/mol. The van der Waals surface area contributed by atoms with Crippen molar-refractivity contribution in [2.75, 3.05) is 6.61 Å². The normalized spacial score (nSPS) is 36.1. The molecule has 1 radical (unpaired) electrons. The highest BCUT2D eigenvalue weighted by Gasteiger charge is 2.29. The molecule has 1 unspecified atom stereocenters. The van der Waals surface area contributed by atoms with E-state index in [9.17, 15) is 4.79 Å². The number of carbonyl (C=O) groups excluding carboxylic acids is 1. The van der Waals surface area contributed by atoms with E-state index in [2.05, 4.69) is 4.89 Å². The van der Waals surface area contributed by atoms with Gasteiger partial charge in [0.15, 0.2) is 5.60 Å². The van der Waals surface area contributed by atoms with Gasteiger partial charge in [0.05, 0.1) is 6.61 Å². The maximum Gasteiger partial charge on any atom is 0.236 e. The SMILES string of the molecule is CC1([C]=O)CCCOO1. The van der Waals surface area contributed by atoms with Crippen LogP contribution in [-0.2, 0) is 14.6 Å². The highest BCUT2D eigenvalue weighted by molar-refractivity contribution is 5.62. The van der Waals surface area contributed by atoms with Crippen molar-refractivity contribution in [1.29, 1.82) is 0 Å². The molecule has 0 aliphatic carbocycles. The van der Waals surface area contributed by atoms with E-state index in [0.29, 0.717) is 13.0 Å². The minimum Gasteiger partial charge on any atom is -0.287 e. The molecule has 0 spiro atoms. The van der Waals surface area contributed by atoms with Crippen LogP contribution in [0.4, 0.5) is 0 Å². The van der Waals surface area contributed by atoms with Crippen molar-refractivity contribution in [2.24, 2.45) is 0 Å². The van der Waals surface area contributed by atoms with Crippen LogP contribution < -0.4 is 0 Å². The van der Waals surface area contributed by atoms with Gasteiger partial charge in [0, 0.05) is 0 Å². The van der Waals surface area contributed by atoms with Crippen molar-refractivity contribution < 1.29 is 14.6 Å². The molecule has 9 heavy (non-hydrogen) atoms. The first-order chi connectivity index (χ1) is 4.27. The van der Waals surface area contributed by atoms with Gasteiger partial charge in [-0.3, -0.25) is 4.79 Å². The molecule has 1 rings (SSSR count). The third-order valence-electron chi connectivity index (χ3n) is 1.34. The average molecular weight is 129 g/mol. The van der Waals surface area contributed by atoms with E-state index in [1.54, 1.807) is 13.2 Å². The summed E-state index contributed by atoms with van der Waals surface area (Å²) in [4.78, 5) is 19.5. The molecule has 0 saturated carbocycles. The summed E-state index contributed by atoms with van der Waals surface area (Å²) in [7, 11) is 0. The second-order valence-electron chi connectivity index (χ2n) is 2.34. The summed E-state index contributed by atoms with van der Waals surface area (Å²) in [5.41, 5.74) is -0.807. The van der Waals surface area contributed by atoms with Crippen LogP contribution in [0, 0.1) is 0 Å². The summed E-state index contributed by atoms with van der Waals surface area (Å²) in [6.07, 6.45) is 3.35. The Balaban J connectivity index is 2.46. The van der Waals surface area contributed by atoms with Crippen LogP contribution in [0.1, 0.15) is 19.8 Å². The molecular formula is C6H9O3. The second-order valence-corrected chi connectivity index (χ2v) is 2.34. The topological polar surface area (TPSA) is 35.5 Å². The van der Waals surface area contributed by atoms with Crippen molar-refractivity contribution in [1.82, 2.24) is 0 Å². The molecule has 1 aliphatic heterocycles. The predicted octanol–water partition coefficient (Wildman–Crippen LogP) is 0.597. The van der Waals surface area contributed by atoms with Gasteiger partial charge >= 0.3 is 0 Å². The zero-order valence-electron chi connectivity index (χ0n) is 5.35. The maximum atomic E-state index is 10.2. The maximum absolute atomic E-state index is 10.2. The van der Waals surface area contributed by atoms with Gasteiger partial charge in [-0.25, -0.2) is 9.78 Å². The standard InChI is InChI=1S/C6H9O3/c1-6(5-7)3-2-4-8-9-6/h2-4H2,1H3. The van der Waals surface area contributed by atoms with E-state index in [1.165, 1.54) is 0 Å². The van der Waals surface area contributed by atoms with Gasteiger partial charge in [-0.15, -0.1) is 0 Å². The minimum absolute atomic E-state index is 0.581. The fourth-order valence-corrected chi connectivity index (χ4v) is 0.750. The predicted molar refractivity (Wildman–Crippen MR) is 30.4 cm³/mol. The van der Waals surface area contributed by atoms with Crippen molar-refractivity contribution in [3.8, 4) is 0 Å². The van der Waals surface area contributed by atoms with Crippen LogP contribution in [0.15, 0.2) is 0 Å². The van der Waals surface area contributed by atoms with Gasteiger partial charge in [0.2, 0.25) is 6.29 Å². The molecule has 0 amide bonds. The Hall–Kier alpha value is -0.410. The molecule has 0 aromatic carbocycles. The van der Waals surface area contributed by atoms with Crippen molar-refractivity contribution in [3.05, 3.63) is 0 Å². The molecule has 1 saturated heterocycles. The molecule has 1 heterocycles. The van der Waals surface area contributed by atoms with Gasteiger partial charge in [0.1, 0.15) is 0 Å². The molecule has 0 N–H and O–H groups in total. The Bertz CT molecular complexity index is 105. The van der Waals surface area contributed by atoms with E-state index in [1.807, 2.05) is 0 Å². The van der Waals surface area contributed by atoms with Gasteiger partial charge in [0.25, 0.3) is 0 Å². The number of hydrogen-bond donors (Lipinski definition) is 0. The van der Waals surface area contributed by atoms with Crippen molar-refractivity contribution >= 4 is 6.29 Å². The Labute approximate surface area is 53.9 Å². The van der Waals surface area contributed by atoms with Crippen LogP contribution >= 0.6 is 0 Å². The van der Waals surface area contributed by atoms with Crippen LogP contribution in [0.25, 0.3) is 0 Å². The van der Waals surface area contributed by atoms with E-state index >= 15 is 0 Å². The first-order valence-corrected chi connectivity index (χ1v) is 2.97. The molecular weight excluding hydrogens is 120 g/mol. The first kappa shape index (κ1) is 6.71. The second kappa shape index (κ2) is 2.45. The lowest BCUT2D eigenvalue weighted by Crippen LogP contribution is -2.34. The summed E-state index contributed by atoms with van der Waals surface area (Å²) in [5.74, 6) is 0. The van der Waals surface area contributed by atoms with Gasteiger partial charge in [-0.05, 0) is 19.8 Å². The number of hydrogen-bond acceptors (Lipinski definition) is 3. The molecule has 1 fully saturated rings. The zero-order valence-corrected chi connectivity index (χ0v) is 5.35. The smallest absolute Gasteiger partial charge is 0.236 e. The number of rotatable bonds is 1. The van der Waals surface area contributed by atoms with Crippen LogP contribution in [0.2, 0.25) is 0 Å². The van der Waals surface area contributed by atoms with Crippen molar-refractivity contribution in [2.45, 2.75) is 25.4 Å². The molecule has 0 bridgehead atoms. The largest absolute Gasteiger partial charge is 0.287 e. The summed E-state index contributed by atoms with van der Waals surface area (Å²) >= 11 is 0. The zero-order chi connectivity index (χ0) is 6.74. The Morgan fingerprint density at radius 1 is 1.67 bits per heavy atom. The van der Waals surface area contributed by atoms with E-state index in [-0.39, 0.29) is 0 Å². The van der Waals surface area contributed by atoms with E-state index in [0.717, 1.165) is 6.42 Å². The van der Waals surface area contributed by atoms with Gasteiger partial charge < -0.3 is 0 Å². The summed E-state index contributed by atoms with van der Waals surface area (Å²) in [6.45, 7) is 2.25. The highest BCUT2D eigenvalue weighted by atomic mass is 17.2. The highest BCUT2D eigenvalue weighted by Crippen LogP contribution is 2.19. The van der Waals surface area contributed by atoms with Crippen LogP contribution in [0.3, 0.4) is 0 Å². The van der Waals surface area contributed by atoms with E-state index < -0.39 is 5.60 Å².